The van der Waals surface area contributed by atoms with Gasteiger partial charge >= 0.3 is 0 Å². The lowest BCUT2D eigenvalue weighted by Crippen LogP contribution is -2.42. The molecule has 0 radical (unpaired) electrons. The van der Waals surface area contributed by atoms with E-state index >= 15 is 0 Å². The molecule has 1 unspecified atom stereocenters. The maximum Gasteiger partial charge on any atom is 0.251 e. The number of amides is 2. The van der Waals surface area contributed by atoms with Crippen LogP contribution >= 0.6 is 15.9 Å². The van der Waals surface area contributed by atoms with Crippen molar-refractivity contribution in [3.05, 3.63) is 34.8 Å². The fourth-order valence-corrected chi connectivity index (χ4v) is 3.25. The number of aliphatic hydroxyl groups is 1. The molecule has 0 spiro atoms. The lowest BCUT2D eigenvalue weighted by atomic mass is 10.2. The van der Waals surface area contributed by atoms with Crippen LogP contribution in [0.4, 0.5) is 5.82 Å². The number of carbonyl (C=O) groups excluding carboxylic acids is 2. The Kier molecular flexibility index (Phi) is 5.11. The van der Waals surface area contributed by atoms with Crippen LogP contribution in [0.5, 0.6) is 0 Å². The molecule has 3 rings (SSSR count). The fourth-order valence-electron chi connectivity index (χ4n) is 2.78. The van der Waals surface area contributed by atoms with Crippen molar-refractivity contribution < 1.29 is 14.7 Å². The third kappa shape index (κ3) is 3.73. The molecule has 2 N–H and O–H groups in total. The molecule has 1 aliphatic heterocycles. The summed E-state index contributed by atoms with van der Waals surface area (Å²) in [7, 11) is 0. The smallest absolute Gasteiger partial charge is 0.251 e. The highest BCUT2D eigenvalue weighted by atomic mass is 79.9. The molecule has 1 saturated heterocycles. The van der Waals surface area contributed by atoms with Gasteiger partial charge in [0.25, 0.3) is 5.91 Å². The number of anilines is 1. The number of hydrogen-bond acceptors (Lipinski definition) is 4. The lowest BCUT2D eigenvalue weighted by Gasteiger charge is -2.21. The molecule has 1 atom stereocenters. The summed E-state index contributed by atoms with van der Waals surface area (Å²) >= 11 is 3.44. The highest BCUT2D eigenvalue weighted by molar-refractivity contribution is 9.10. The van der Waals surface area contributed by atoms with Gasteiger partial charge in [-0.2, -0.15) is 0 Å². The number of carbonyl (C=O) groups is 2. The molecular formula is C17H18BrN3O3. The van der Waals surface area contributed by atoms with Crippen LogP contribution < -0.4 is 5.32 Å². The molecule has 1 aromatic heterocycles. The summed E-state index contributed by atoms with van der Waals surface area (Å²) in [5.41, 5.74) is 0.761. The van der Waals surface area contributed by atoms with Gasteiger partial charge in [-0.05, 0) is 53.4 Å². The number of benzene rings is 1. The minimum Gasteiger partial charge on any atom is -0.383 e. The van der Waals surface area contributed by atoms with Gasteiger partial charge in [-0.15, -0.1) is 0 Å². The van der Waals surface area contributed by atoms with Crippen LogP contribution in [0.2, 0.25) is 0 Å². The van der Waals surface area contributed by atoms with Crippen molar-refractivity contribution >= 4 is 44.5 Å². The first-order chi connectivity index (χ1) is 11.5. The van der Waals surface area contributed by atoms with E-state index in [2.05, 4.69) is 26.2 Å². The number of aromatic nitrogens is 1. The Bertz CT molecular complexity index is 781. The summed E-state index contributed by atoms with van der Waals surface area (Å²) in [5, 5.41) is 13.4. The molecule has 126 valence electrons. The summed E-state index contributed by atoms with van der Waals surface area (Å²) in [4.78, 5) is 30.1. The molecular weight excluding hydrogens is 374 g/mol. The average Bonchev–Trinajstić information content (AvgIpc) is 2.71. The minimum atomic E-state index is -1.00. The first-order valence-corrected chi connectivity index (χ1v) is 8.66. The van der Waals surface area contributed by atoms with Crippen LogP contribution in [-0.4, -0.2) is 46.0 Å². The topological polar surface area (TPSA) is 82.5 Å². The van der Waals surface area contributed by atoms with Crippen LogP contribution in [0, 0.1) is 0 Å². The Morgan fingerprint density at radius 2 is 2.17 bits per heavy atom. The summed E-state index contributed by atoms with van der Waals surface area (Å²) < 4.78 is 0.849. The zero-order chi connectivity index (χ0) is 17.1. The lowest BCUT2D eigenvalue weighted by molar-refractivity contribution is -0.141. The van der Waals surface area contributed by atoms with E-state index in [4.69, 9.17) is 0 Å². The number of rotatable bonds is 3. The highest BCUT2D eigenvalue weighted by Crippen LogP contribution is 2.23. The van der Waals surface area contributed by atoms with E-state index in [1.165, 1.54) is 4.90 Å². The minimum absolute atomic E-state index is 0.0778. The van der Waals surface area contributed by atoms with Gasteiger partial charge < -0.3 is 15.3 Å². The number of aliphatic hydroxyl groups excluding tert-OH is 1. The van der Waals surface area contributed by atoms with E-state index in [-0.39, 0.29) is 18.4 Å². The van der Waals surface area contributed by atoms with Gasteiger partial charge in [0.05, 0.1) is 12.1 Å². The van der Waals surface area contributed by atoms with E-state index in [1.54, 1.807) is 6.07 Å². The van der Waals surface area contributed by atoms with Crippen LogP contribution in [0.15, 0.2) is 34.8 Å². The van der Waals surface area contributed by atoms with E-state index in [0.717, 1.165) is 28.2 Å². The van der Waals surface area contributed by atoms with E-state index in [0.29, 0.717) is 18.8 Å². The normalized spacial score (nSPS) is 18.5. The summed E-state index contributed by atoms with van der Waals surface area (Å²) in [5.74, 6) is -0.268. The Hall–Kier alpha value is -1.99. The molecule has 1 aromatic carbocycles. The number of para-hydroxylation sites is 1. The molecule has 0 aliphatic carbocycles. The van der Waals surface area contributed by atoms with E-state index < -0.39 is 6.10 Å². The van der Waals surface area contributed by atoms with E-state index in [9.17, 15) is 14.7 Å². The van der Waals surface area contributed by atoms with E-state index in [1.807, 2.05) is 24.3 Å². The summed E-state index contributed by atoms with van der Waals surface area (Å²) in [6, 6.07) is 9.35. The van der Waals surface area contributed by atoms with Crippen molar-refractivity contribution in [2.24, 2.45) is 0 Å². The van der Waals surface area contributed by atoms with Crippen molar-refractivity contribution in [1.82, 2.24) is 9.88 Å². The number of nitrogens with one attached hydrogen (secondary N) is 1. The number of nitrogens with zero attached hydrogens (tertiary/aromatic N) is 2. The highest BCUT2D eigenvalue weighted by Gasteiger charge is 2.26. The SMILES string of the molecule is O=C(CN1CCCCC(O)C1=O)Nc1ccc2cccc(Br)c2n1. The number of pyridine rings is 1. The zero-order valence-corrected chi connectivity index (χ0v) is 14.6. The van der Waals surface area contributed by atoms with Gasteiger partial charge in [0.15, 0.2) is 0 Å². The van der Waals surface area contributed by atoms with Gasteiger partial charge in [-0.25, -0.2) is 4.98 Å². The van der Waals surface area contributed by atoms with Crippen molar-refractivity contribution in [2.45, 2.75) is 25.4 Å². The van der Waals surface area contributed by atoms with Crippen molar-refractivity contribution in [3.8, 4) is 0 Å². The molecule has 24 heavy (non-hydrogen) atoms. The molecule has 2 amide bonds. The number of fused-ring (bicyclic) bond motifs is 1. The molecule has 0 bridgehead atoms. The largest absolute Gasteiger partial charge is 0.383 e. The second-order valence-corrected chi connectivity index (χ2v) is 6.68. The number of hydrogen-bond donors (Lipinski definition) is 2. The predicted molar refractivity (Wildman–Crippen MR) is 94.5 cm³/mol. The Morgan fingerprint density at radius 1 is 1.33 bits per heavy atom. The van der Waals surface area contributed by atoms with Crippen LogP contribution in [0.3, 0.4) is 0 Å². The predicted octanol–water partition coefficient (Wildman–Crippen LogP) is 2.31. The first-order valence-electron chi connectivity index (χ1n) is 7.86. The van der Waals surface area contributed by atoms with Crippen molar-refractivity contribution in [3.63, 3.8) is 0 Å². The van der Waals surface area contributed by atoms with Crippen molar-refractivity contribution in [1.29, 1.82) is 0 Å². The molecule has 0 saturated carbocycles. The molecule has 7 heteroatoms. The molecule has 1 aliphatic rings. The van der Waals surface area contributed by atoms with Gasteiger partial charge in [0.1, 0.15) is 11.9 Å². The second kappa shape index (κ2) is 7.27. The third-order valence-corrected chi connectivity index (χ3v) is 4.67. The average molecular weight is 392 g/mol. The van der Waals surface area contributed by atoms with Crippen LogP contribution in [-0.2, 0) is 9.59 Å². The van der Waals surface area contributed by atoms with Crippen LogP contribution in [0.25, 0.3) is 10.9 Å². The van der Waals surface area contributed by atoms with Gasteiger partial charge in [-0.1, -0.05) is 12.1 Å². The Labute approximate surface area is 148 Å². The Morgan fingerprint density at radius 3 is 3.00 bits per heavy atom. The molecule has 1 fully saturated rings. The van der Waals surface area contributed by atoms with Gasteiger partial charge in [0.2, 0.25) is 5.91 Å². The molecule has 2 heterocycles. The maximum atomic E-state index is 12.2. The fraction of sp³-hybridized carbons (Fsp3) is 0.353. The number of halogens is 1. The van der Waals surface area contributed by atoms with Crippen molar-refractivity contribution in [2.75, 3.05) is 18.4 Å². The van der Waals surface area contributed by atoms with Crippen LogP contribution in [0.1, 0.15) is 19.3 Å². The molecule has 6 nitrogen and oxygen atoms in total. The van der Waals surface area contributed by atoms with Gasteiger partial charge in [0, 0.05) is 16.4 Å². The quantitative estimate of drug-likeness (QED) is 0.840. The summed E-state index contributed by atoms with van der Waals surface area (Å²) in [6.07, 6.45) is 1.02. The number of likely N-dealkylation sites (tertiary alicyclic amines) is 1. The second-order valence-electron chi connectivity index (χ2n) is 5.83. The maximum absolute atomic E-state index is 12.2. The zero-order valence-electron chi connectivity index (χ0n) is 13.0. The summed E-state index contributed by atoms with van der Waals surface area (Å²) in [6.45, 7) is 0.408. The standard InChI is InChI=1S/C17H18BrN3O3/c18-12-5-3-4-11-7-8-14(20-16(11)12)19-15(23)10-21-9-2-1-6-13(22)17(21)24/h3-5,7-8,13,22H,1-2,6,9-10H2,(H,19,20,23). The van der Waals surface area contributed by atoms with Gasteiger partial charge in [-0.3, -0.25) is 9.59 Å². The Balaban J connectivity index is 1.70. The molecule has 2 aromatic rings. The third-order valence-electron chi connectivity index (χ3n) is 4.03. The monoisotopic (exact) mass is 391 g/mol. The first kappa shape index (κ1) is 16.9.